The van der Waals surface area contributed by atoms with Crippen molar-refractivity contribution in [1.82, 2.24) is 20.3 Å². The Hall–Kier alpha value is -1.43. The van der Waals surface area contributed by atoms with Gasteiger partial charge in [-0.05, 0) is 6.42 Å². The molecule has 0 fully saturated rings. The van der Waals surface area contributed by atoms with Gasteiger partial charge in [-0.1, -0.05) is 31.4 Å². The number of carbonyl (C=O) groups excluding carboxylic acids is 1. The first-order valence-corrected chi connectivity index (χ1v) is 6.12. The van der Waals surface area contributed by atoms with E-state index < -0.39 is 0 Å². The van der Waals surface area contributed by atoms with Crippen LogP contribution in [0.3, 0.4) is 0 Å². The molecule has 0 aliphatic carbocycles. The van der Waals surface area contributed by atoms with Crippen LogP contribution >= 0.6 is 0 Å². The van der Waals surface area contributed by atoms with Crippen molar-refractivity contribution in [2.75, 3.05) is 6.54 Å². The molecule has 1 amide bonds. The third-order valence-electron chi connectivity index (χ3n) is 2.48. The number of aryl methyl sites for hydroxylation is 1. The van der Waals surface area contributed by atoms with Gasteiger partial charge in [0, 0.05) is 6.54 Å². The molecule has 0 saturated heterocycles. The lowest BCUT2D eigenvalue weighted by molar-refractivity contribution is -0.119. The van der Waals surface area contributed by atoms with Crippen LogP contribution in [0.5, 0.6) is 0 Å². The molecule has 0 unspecified atom stereocenters. The third kappa shape index (κ3) is 5.44. The van der Waals surface area contributed by atoms with E-state index in [1.807, 2.05) is 10.9 Å². The van der Waals surface area contributed by atoms with Gasteiger partial charge in [-0.15, -0.1) is 5.10 Å². The van der Waals surface area contributed by atoms with Gasteiger partial charge in [0.15, 0.2) is 0 Å². The predicted molar refractivity (Wildman–Crippen MR) is 65.1 cm³/mol. The topological polar surface area (TPSA) is 85.8 Å². The molecule has 0 aromatic carbocycles. The van der Waals surface area contributed by atoms with Gasteiger partial charge in [-0.25, -0.2) is 0 Å². The molecule has 0 bridgehead atoms. The number of unbranched alkanes of at least 4 members (excludes halogenated alkanes) is 3. The molecule has 17 heavy (non-hydrogen) atoms. The molecule has 1 heterocycles. The van der Waals surface area contributed by atoms with Crippen LogP contribution in [0, 0.1) is 0 Å². The standard InChI is InChI=1S/C11H21N5O/c1-2-3-4-5-6-16-9-10(14-15-16)8-13-11(17)7-12/h9H,2-8,12H2,1H3,(H,13,17). The second-order valence-electron chi connectivity index (χ2n) is 4.01. The SMILES string of the molecule is CCCCCCn1cc(CNC(=O)CN)nn1. The van der Waals surface area contributed by atoms with Crippen LogP contribution in [0.4, 0.5) is 0 Å². The van der Waals surface area contributed by atoms with E-state index in [9.17, 15) is 4.79 Å². The third-order valence-corrected chi connectivity index (χ3v) is 2.48. The van der Waals surface area contributed by atoms with Crippen molar-refractivity contribution < 1.29 is 4.79 Å². The fourth-order valence-electron chi connectivity index (χ4n) is 1.49. The summed E-state index contributed by atoms with van der Waals surface area (Å²) in [5, 5.41) is 10.6. The van der Waals surface area contributed by atoms with E-state index in [4.69, 9.17) is 5.73 Å². The second-order valence-corrected chi connectivity index (χ2v) is 4.01. The van der Waals surface area contributed by atoms with Gasteiger partial charge >= 0.3 is 0 Å². The zero-order valence-corrected chi connectivity index (χ0v) is 10.4. The number of carbonyl (C=O) groups is 1. The summed E-state index contributed by atoms with van der Waals surface area (Å²) >= 11 is 0. The summed E-state index contributed by atoms with van der Waals surface area (Å²) in [4.78, 5) is 10.9. The smallest absolute Gasteiger partial charge is 0.234 e. The van der Waals surface area contributed by atoms with Crippen LogP contribution < -0.4 is 11.1 Å². The highest BCUT2D eigenvalue weighted by molar-refractivity contribution is 5.77. The molecule has 1 aromatic rings. The lowest BCUT2D eigenvalue weighted by atomic mass is 10.2. The van der Waals surface area contributed by atoms with Gasteiger partial charge in [0.1, 0.15) is 5.69 Å². The van der Waals surface area contributed by atoms with Gasteiger partial charge in [0.25, 0.3) is 0 Å². The van der Waals surface area contributed by atoms with Crippen molar-refractivity contribution in [2.24, 2.45) is 5.73 Å². The lowest BCUT2D eigenvalue weighted by Gasteiger charge is -1.99. The Morgan fingerprint density at radius 2 is 2.29 bits per heavy atom. The summed E-state index contributed by atoms with van der Waals surface area (Å²) in [6, 6.07) is 0. The Labute approximate surface area is 102 Å². The summed E-state index contributed by atoms with van der Waals surface area (Å²) in [5.74, 6) is -0.178. The molecule has 0 spiro atoms. The van der Waals surface area contributed by atoms with Crippen LogP contribution in [0.15, 0.2) is 6.20 Å². The minimum atomic E-state index is -0.178. The first kappa shape index (κ1) is 13.6. The van der Waals surface area contributed by atoms with Gasteiger partial charge < -0.3 is 11.1 Å². The van der Waals surface area contributed by atoms with Crippen LogP contribution in [-0.4, -0.2) is 27.4 Å². The molecule has 3 N–H and O–H groups in total. The second kappa shape index (κ2) is 7.78. The number of nitrogens with zero attached hydrogens (tertiary/aromatic N) is 3. The Kier molecular flexibility index (Phi) is 6.24. The van der Waals surface area contributed by atoms with Crippen molar-refractivity contribution in [3.8, 4) is 0 Å². The predicted octanol–water partition coefficient (Wildman–Crippen LogP) is 0.433. The first-order chi connectivity index (χ1) is 8.26. The number of aromatic nitrogens is 3. The summed E-state index contributed by atoms with van der Waals surface area (Å²) in [6.45, 7) is 3.47. The maximum atomic E-state index is 10.9. The molecular formula is C11H21N5O. The molecule has 6 heteroatoms. The van der Waals surface area contributed by atoms with E-state index >= 15 is 0 Å². The Morgan fingerprint density at radius 1 is 1.47 bits per heavy atom. The monoisotopic (exact) mass is 239 g/mol. The first-order valence-electron chi connectivity index (χ1n) is 6.12. The summed E-state index contributed by atoms with van der Waals surface area (Å²) in [6.07, 6.45) is 6.69. The molecule has 0 atom stereocenters. The lowest BCUT2D eigenvalue weighted by Crippen LogP contribution is -2.29. The van der Waals surface area contributed by atoms with Crippen molar-refractivity contribution in [3.63, 3.8) is 0 Å². The van der Waals surface area contributed by atoms with Crippen molar-refractivity contribution in [3.05, 3.63) is 11.9 Å². The van der Waals surface area contributed by atoms with Crippen LogP contribution in [-0.2, 0) is 17.9 Å². The Balaban J connectivity index is 2.25. The van der Waals surface area contributed by atoms with Gasteiger partial charge in [0.2, 0.25) is 5.91 Å². The number of amides is 1. The fourth-order valence-corrected chi connectivity index (χ4v) is 1.49. The molecule has 1 rings (SSSR count). The van der Waals surface area contributed by atoms with E-state index in [0.717, 1.165) is 18.7 Å². The zero-order chi connectivity index (χ0) is 12.5. The highest BCUT2D eigenvalue weighted by Crippen LogP contribution is 2.01. The normalized spacial score (nSPS) is 10.5. The number of nitrogens with two attached hydrogens (primary N) is 1. The summed E-state index contributed by atoms with van der Waals surface area (Å²) in [5.41, 5.74) is 5.95. The average molecular weight is 239 g/mol. The minimum Gasteiger partial charge on any atom is -0.349 e. The zero-order valence-electron chi connectivity index (χ0n) is 10.4. The van der Waals surface area contributed by atoms with E-state index in [-0.39, 0.29) is 12.5 Å². The largest absolute Gasteiger partial charge is 0.349 e. The van der Waals surface area contributed by atoms with Gasteiger partial charge in [0.05, 0.1) is 19.3 Å². The quantitative estimate of drug-likeness (QED) is 0.644. The number of hydrogen-bond donors (Lipinski definition) is 2. The van der Waals surface area contributed by atoms with Gasteiger partial charge in [-0.2, -0.15) is 0 Å². The van der Waals surface area contributed by atoms with Crippen LogP contribution in [0.25, 0.3) is 0 Å². The summed E-state index contributed by atoms with van der Waals surface area (Å²) < 4.78 is 1.82. The molecule has 0 radical (unpaired) electrons. The van der Waals surface area contributed by atoms with E-state index in [1.165, 1.54) is 19.3 Å². The Morgan fingerprint density at radius 3 is 3.00 bits per heavy atom. The number of rotatable bonds is 8. The molecule has 96 valence electrons. The molecule has 0 aliphatic rings. The number of nitrogens with one attached hydrogen (secondary N) is 1. The van der Waals surface area contributed by atoms with Crippen LogP contribution in [0.2, 0.25) is 0 Å². The van der Waals surface area contributed by atoms with E-state index in [0.29, 0.717) is 6.54 Å². The van der Waals surface area contributed by atoms with E-state index in [2.05, 4.69) is 22.6 Å². The maximum absolute atomic E-state index is 10.9. The number of hydrogen-bond acceptors (Lipinski definition) is 4. The average Bonchev–Trinajstić information content (AvgIpc) is 2.79. The molecule has 1 aromatic heterocycles. The van der Waals surface area contributed by atoms with Crippen molar-refractivity contribution >= 4 is 5.91 Å². The van der Waals surface area contributed by atoms with Crippen molar-refractivity contribution in [1.29, 1.82) is 0 Å². The fraction of sp³-hybridized carbons (Fsp3) is 0.727. The van der Waals surface area contributed by atoms with E-state index in [1.54, 1.807) is 0 Å². The maximum Gasteiger partial charge on any atom is 0.234 e. The Bertz CT molecular complexity index is 336. The van der Waals surface area contributed by atoms with Gasteiger partial charge in [-0.3, -0.25) is 9.48 Å². The molecule has 0 saturated carbocycles. The molecular weight excluding hydrogens is 218 g/mol. The van der Waals surface area contributed by atoms with Crippen molar-refractivity contribution in [2.45, 2.75) is 45.7 Å². The minimum absolute atomic E-state index is 0.00511. The summed E-state index contributed by atoms with van der Waals surface area (Å²) in [7, 11) is 0. The molecule has 6 nitrogen and oxygen atoms in total. The highest BCUT2D eigenvalue weighted by atomic mass is 16.1. The molecule has 0 aliphatic heterocycles. The highest BCUT2D eigenvalue weighted by Gasteiger charge is 2.02. The van der Waals surface area contributed by atoms with Crippen LogP contribution in [0.1, 0.15) is 38.3 Å².